The average Bonchev–Trinajstić information content (AvgIpc) is 2.79. The molecular formula is C13H21ClOS. The monoisotopic (exact) mass is 260 g/mol. The Bertz CT molecular complexity index is 319. The van der Waals surface area contributed by atoms with Crippen LogP contribution in [0.3, 0.4) is 0 Å². The first kappa shape index (κ1) is 11.7. The summed E-state index contributed by atoms with van der Waals surface area (Å²) in [4.78, 5) is 0.0823. The minimum atomic E-state index is 0.0823. The van der Waals surface area contributed by atoms with E-state index in [0.29, 0.717) is 16.7 Å². The van der Waals surface area contributed by atoms with Crippen molar-refractivity contribution in [2.24, 2.45) is 16.7 Å². The van der Waals surface area contributed by atoms with Gasteiger partial charge in [0, 0.05) is 17.0 Å². The molecule has 1 saturated heterocycles. The van der Waals surface area contributed by atoms with Gasteiger partial charge in [0.15, 0.2) is 0 Å². The summed E-state index contributed by atoms with van der Waals surface area (Å²) >= 11 is 7.99. The molecular weight excluding hydrogens is 240 g/mol. The van der Waals surface area contributed by atoms with E-state index >= 15 is 0 Å². The van der Waals surface area contributed by atoms with Crippen molar-refractivity contribution in [2.45, 2.75) is 51.1 Å². The number of alkyl halides is 1. The lowest BCUT2D eigenvalue weighted by Crippen LogP contribution is -2.45. The molecule has 0 unspecified atom stereocenters. The van der Waals surface area contributed by atoms with Crippen LogP contribution < -0.4 is 0 Å². The number of halogens is 1. The van der Waals surface area contributed by atoms with E-state index in [4.69, 9.17) is 16.3 Å². The van der Waals surface area contributed by atoms with Crippen LogP contribution in [-0.4, -0.2) is 22.7 Å². The van der Waals surface area contributed by atoms with Crippen LogP contribution in [0, 0.1) is 16.7 Å². The van der Waals surface area contributed by atoms with Crippen molar-refractivity contribution in [1.29, 1.82) is 0 Å². The molecule has 2 bridgehead atoms. The Balaban J connectivity index is 1.95. The molecule has 1 nitrogen and oxygen atoms in total. The van der Waals surface area contributed by atoms with Crippen molar-refractivity contribution >= 4 is 23.4 Å². The Morgan fingerprint density at radius 3 is 2.56 bits per heavy atom. The molecule has 0 amide bonds. The van der Waals surface area contributed by atoms with Crippen LogP contribution in [0.5, 0.6) is 0 Å². The summed E-state index contributed by atoms with van der Waals surface area (Å²) in [5.41, 5.74) is 0.775. The van der Waals surface area contributed by atoms with Crippen LogP contribution >= 0.6 is 23.4 Å². The molecule has 3 aliphatic rings. The molecule has 0 aromatic rings. The summed E-state index contributed by atoms with van der Waals surface area (Å²) in [6.45, 7) is 7.33. The predicted octanol–water partition coefficient (Wildman–Crippen LogP) is 3.90. The molecule has 3 heteroatoms. The zero-order valence-corrected chi connectivity index (χ0v) is 12.0. The molecule has 1 heterocycles. The third-order valence-electron chi connectivity index (χ3n) is 5.82. The molecule has 92 valence electrons. The molecule has 0 N–H and O–H groups in total. The van der Waals surface area contributed by atoms with E-state index in [1.165, 1.54) is 19.3 Å². The molecule has 1 aliphatic heterocycles. The summed E-state index contributed by atoms with van der Waals surface area (Å²) in [6, 6.07) is 0. The standard InChI is InChI=1S/C13H21ClOS/c1-11(2)9-4-5-12(11,3)13(6-9)15-10(7-14)8-16-13/h9-10H,4-8H2,1-3H3/t9-,10+,12-,13-/m0/s1. The molecule has 0 radical (unpaired) electrons. The Morgan fingerprint density at radius 2 is 2.12 bits per heavy atom. The van der Waals surface area contributed by atoms with Crippen molar-refractivity contribution < 1.29 is 4.74 Å². The highest BCUT2D eigenvalue weighted by molar-refractivity contribution is 8.00. The van der Waals surface area contributed by atoms with E-state index in [-0.39, 0.29) is 11.0 Å². The van der Waals surface area contributed by atoms with Crippen molar-refractivity contribution in [2.75, 3.05) is 11.6 Å². The largest absolute Gasteiger partial charge is 0.358 e. The first-order valence-corrected chi connectivity index (χ1v) is 7.85. The Hall–Kier alpha value is 0.600. The number of thioether (sulfide) groups is 1. The van der Waals surface area contributed by atoms with Gasteiger partial charge in [-0.15, -0.1) is 23.4 Å². The minimum absolute atomic E-state index is 0.0823. The maximum absolute atomic E-state index is 6.36. The lowest BCUT2D eigenvalue weighted by atomic mass is 9.69. The van der Waals surface area contributed by atoms with E-state index < -0.39 is 0 Å². The van der Waals surface area contributed by atoms with Crippen molar-refractivity contribution in [1.82, 2.24) is 0 Å². The first-order chi connectivity index (χ1) is 7.45. The quantitative estimate of drug-likeness (QED) is 0.662. The van der Waals surface area contributed by atoms with Gasteiger partial charge in [-0.3, -0.25) is 0 Å². The van der Waals surface area contributed by atoms with Gasteiger partial charge in [0.25, 0.3) is 0 Å². The molecule has 1 spiro atoms. The average molecular weight is 261 g/mol. The van der Waals surface area contributed by atoms with Gasteiger partial charge < -0.3 is 4.74 Å². The van der Waals surface area contributed by atoms with Gasteiger partial charge in [0.05, 0.1) is 6.10 Å². The Kier molecular flexibility index (Phi) is 2.43. The number of rotatable bonds is 1. The summed E-state index contributed by atoms with van der Waals surface area (Å²) in [6.07, 6.45) is 4.24. The number of fused-ring (bicyclic) bond motifs is 3. The van der Waals surface area contributed by atoms with E-state index in [0.717, 1.165) is 11.7 Å². The van der Waals surface area contributed by atoms with E-state index in [1.807, 2.05) is 11.8 Å². The van der Waals surface area contributed by atoms with Crippen molar-refractivity contribution in [3.63, 3.8) is 0 Å². The zero-order valence-electron chi connectivity index (χ0n) is 10.4. The molecule has 3 fully saturated rings. The van der Waals surface area contributed by atoms with E-state index in [1.54, 1.807) is 0 Å². The summed E-state index contributed by atoms with van der Waals surface area (Å²) < 4.78 is 6.36. The van der Waals surface area contributed by atoms with Crippen LogP contribution in [0.25, 0.3) is 0 Å². The van der Waals surface area contributed by atoms with Gasteiger partial charge in [-0.05, 0) is 30.6 Å². The van der Waals surface area contributed by atoms with Crippen LogP contribution in [0.4, 0.5) is 0 Å². The molecule has 16 heavy (non-hydrogen) atoms. The molecule has 3 rings (SSSR count). The Labute approximate surface area is 108 Å². The molecule has 2 saturated carbocycles. The second-order valence-electron chi connectivity index (χ2n) is 6.45. The number of ether oxygens (including phenoxy) is 1. The summed E-state index contributed by atoms with van der Waals surface area (Å²) in [5, 5.41) is 0. The normalized spacial score (nSPS) is 54.0. The SMILES string of the molecule is CC1(C)[C@H]2CC[C@]1(C)[C@@]1(C2)O[C@H](CCl)CS1. The second-order valence-corrected chi connectivity index (χ2v) is 8.04. The third-order valence-corrected chi connectivity index (χ3v) is 7.89. The van der Waals surface area contributed by atoms with Crippen molar-refractivity contribution in [3.8, 4) is 0 Å². The fourth-order valence-corrected chi connectivity index (χ4v) is 6.37. The lowest BCUT2D eigenvalue weighted by molar-refractivity contribution is -0.0842. The van der Waals surface area contributed by atoms with Crippen LogP contribution in [0.2, 0.25) is 0 Å². The number of hydrogen-bond donors (Lipinski definition) is 0. The highest BCUT2D eigenvalue weighted by atomic mass is 35.5. The van der Waals surface area contributed by atoms with Gasteiger partial charge in [-0.2, -0.15) is 0 Å². The van der Waals surface area contributed by atoms with Crippen molar-refractivity contribution in [3.05, 3.63) is 0 Å². The molecule has 2 aliphatic carbocycles. The fraction of sp³-hybridized carbons (Fsp3) is 1.00. The summed E-state index contributed by atoms with van der Waals surface area (Å²) in [5.74, 6) is 2.58. The molecule has 0 aromatic heterocycles. The predicted molar refractivity (Wildman–Crippen MR) is 70.0 cm³/mol. The lowest BCUT2D eigenvalue weighted by Gasteiger charge is -2.45. The summed E-state index contributed by atoms with van der Waals surface area (Å²) in [7, 11) is 0. The topological polar surface area (TPSA) is 9.23 Å². The molecule has 4 atom stereocenters. The highest BCUT2D eigenvalue weighted by Crippen LogP contribution is 2.74. The maximum Gasteiger partial charge on any atom is 0.120 e. The van der Waals surface area contributed by atoms with E-state index in [2.05, 4.69) is 20.8 Å². The van der Waals surface area contributed by atoms with Crippen LogP contribution in [0.1, 0.15) is 40.0 Å². The highest BCUT2D eigenvalue weighted by Gasteiger charge is 2.71. The van der Waals surface area contributed by atoms with Crippen LogP contribution in [-0.2, 0) is 4.74 Å². The van der Waals surface area contributed by atoms with Gasteiger partial charge in [-0.25, -0.2) is 0 Å². The van der Waals surface area contributed by atoms with E-state index in [9.17, 15) is 0 Å². The van der Waals surface area contributed by atoms with Gasteiger partial charge >= 0.3 is 0 Å². The fourth-order valence-electron chi connectivity index (χ4n) is 4.22. The number of hydrogen-bond acceptors (Lipinski definition) is 2. The third kappa shape index (κ3) is 1.14. The zero-order chi connectivity index (χ0) is 11.6. The maximum atomic E-state index is 6.36. The Morgan fingerprint density at radius 1 is 1.38 bits per heavy atom. The first-order valence-electron chi connectivity index (χ1n) is 6.33. The van der Waals surface area contributed by atoms with Gasteiger partial charge in [0.1, 0.15) is 4.93 Å². The smallest absolute Gasteiger partial charge is 0.120 e. The minimum Gasteiger partial charge on any atom is -0.358 e. The van der Waals surface area contributed by atoms with Crippen LogP contribution in [0.15, 0.2) is 0 Å². The van der Waals surface area contributed by atoms with Gasteiger partial charge in [0.2, 0.25) is 0 Å². The molecule has 0 aromatic carbocycles. The van der Waals surface area contributed by atoms with Gasteiger partial charge in [-0.1, -0.05) is 20.8 Å². The second kappa shape index (κ2) is 3.33.